The van der Waals surface area contributed by atoms with Crippen LogP contribution in [0.25, 0.3) is 0 Å². The molecule has 1 atom stereocenters. The summed E-state index contributed by atoms with van der Waals surface area (Å²) in [6.07, 6.45) is 39.6. The fourth-order valence-electron chi connectivity index (χ4n) is 13.0. The average Bonchev–Trinajstić information content (AvgIpc) is 0.839. The van der Waals surface area contributed by atoms with Crippen LogP contribution in [-0.2, 0) is 28.9 Å². The number of nitro benzene ring substituents is 3. The minimum atomic E-state index is -0.420. The van der Waals surface area contributed by atoms with Gasteiger partial charge in [-0.2, -0.15) is 15.3 Å². The Bertz CT molecular complexity index is 3480. The molecular formula is C84H120N14O8. The highest BCUT2D eigenvalue weighted by atomic mass is 16.6. The zero-order valence-electron chi connectivity index (χ0n) is 64.0. The first-order valence-electron chi connectivity index (χ1n) is 39.8. The molecule has 22 nitrogen and oxygen atoms in total. The van der Waals surface area contributed by atoms with Gasteiger partial charge in [0.25, 0.3) is 17.1 Å². The maximum absolute atomic E-state index is 13.5. The second-order valence-corrected chi connectivity index (χ2v) is 28.3. The molecule has 0 spiro atoms. The number of rotatable bonds is 57. The molecule has 0 radical (unpaired) electrons. The third-order valence-corrected chi connectivity index (χ3v) is 19.6. The molecule has 6 aromatic carbocycles. The number of aryl methyl sites for hydroxylation is 3. The van der Waals surface area contributed by atoms with E-state index in [1.54, 1.807) is 72.8 Å². The number of likely N-dealkylation sites (N-methyl/N-ethyl adjacent to an activating group) is 1. The molecule has 6 aromatic rings. The summed E-state index contributed by atoms with van der Waals surface area (Å²) < 4.78 is 0. The van der Waals surface area contributed by atoms with E-state index in [0.29, 0.717) is 43.1 Å². The Kier molecular flexibility index (Phi) is 41.4. The van der Waals surface area contributed by atoms with Crippen LogP contribution in [0.3, 0.4) is 0 Å². The van der Waals surface area contributed by atoms with E-state index >= 15 is 0 Å². The van der Waals surface area contributed by atoms with Crippen molar-refractivity contribution in [2.45, 2.75) is 258 Å². The van der Waals surface area contributed by atoms with E-state index in [4.69, 9.17) is 5.73 Å². The molecular weight excluding hydrogens is 1330 g/mol. The van der Waals surface area contributed by atoms with E-state index in [1.807, 2.05) is 71.4 Å². The summed E-state index contributed by atoms with van der Waals surface area (Å²) in [4.78, 5) is 66.1. The first-order valence-corrected chi connectivity index (χ1v) is 39.8. The van der Waals surface area contributed by atoms with Crippen LogP contribution in [0.2, 0.25) is 0 Å². The molecule has 0 aliphatic carbocycles. The van der Waals surface area contributed by atoms with Crippen LogP contribution >= 0.6 is 0 Å². The van der Waals surface area contributed by atoms with Gasteiger partial charge in [-0.05, 0) is 146 Å². The molecule has 4 N–H and O–H groups in total. The number of carbonyl (C=O) groups excluding carboxylic acids is 2. The van der Waals surface area contributed by atoms with Gasteiger partial charge >= 0.3 is 0 Å². The van der Waals surface area contributed by atoms with E-state index < -0.39 is 20.8 Å². The zero-order valence-corrected chi connectivity index (χ0v) is 64.0. The number of hydrogen-bond donors (Lipinski definition) is 3. The number of unbranched alkanes of at least 4 members (excludes halogenated alkanes) is 27. The Labute approximate surface area is 630 Å². The molecule has 574 valence electrons. The lowest BCUT2D eigenvalue weighted by Gasteiger charge is -2.25. The molecule has 0 aliphatic rings. The van der Waals surface area contributed by atoms with Crippen LogP contribution in [0.1, 0.15) is 261 Å². The Morgan fingerprint density at radius 1 is 0.387 bits per heavy atom. The highest BCUT2D eigenvalue weighted by Crippen LogP contribution is 2.35. The van der Waals surface area contributed by atoms with Gasteiger partial charge in [-0.15, -0.1) is 15.3 Å². The van der Waals surface area contributed by atoms with Crippen molar-refractivity contribution in [3.63, 3.8) is 0 Å². The van der Waals surface area contributed by atoms with E-state index in [2.05, 4.69) is 62.1 Å². The summed E-state index contributed by atoms with van der Waals surface area (Å²) in [5.41, 5.74) is 13.5. The number of nitrogens with one attached hydrogen (secondary N) is 2. The van der Waals surface area contributed by atoms with Gasteiger partial charge in [-0.1, -0.05) is 224 Å². The minimum Gasteiger partial charge on any atom is -0.373 e. The number of nitrogens with two attached hydrogens (primary N) is 1. The van der Waals surface area contributed by atoms with Gasteiger partial charge in [0.15, 0.2) is 17.1 Å². The molecule has 6 rings (SSSR count). The molecule has 106 heavy (non-hydrogen) atoms. The third kappa shape index (κ3) is 33.9. The van der Waals surface area contributed by atoms with Crippen molar-refractivity contribution in [2.24, 2.45) is 36.4 Å². The summed E-state index contributed by atoms with van der Waals surface area (Å²) in [5.74, 6) is -0.392. The summed E-state index contributed by atoms with van der Waals surface area (Å²) >= 11 is 0. The molecule has 22 heteroatoms. The number of amides is 2. The number of benzene rings is 6. The number of anilines is 2. The number of hydrogen-bond acceptors (Lipinski definition) is 17. The lowest BCUT2D eigenvalue weighted by atomic mass is 10.0. The highest BCUT2D eigenvalue weighted by molar-refractivity contribution is 5.78. The monoisotopic (exact) mass is 1450 g/mol. The molecule has 0 fully saturated rings. The van der Waals surface area contributed by atoms with Gasteiger partial charge in [-0.3, -0.25) is 39.9 Å². The van der Waals surface area contributed by atoms with Gasteiger partial charge in [0.1, 0.15) is 0 Å². The quantitative estimate of drug-likeness (QED) is 0.0140. The number of azo groups is 3. The van der Waals surface area contributed by atoms with Crippen LogP contribution in [0.5, 0.6) is 0 Å². The van der Waals surface area contributed by atoms with Crippen molar-refractivity contribution < 1.29 is 24.4 Å². The molecule has 1 unspecified atom stereocenters. The first-order chi connectivity index (χ1) is 51.6. The van der Waals surface area contributed by atoms with Crippen LogP contribution in [0, 0.1) is 30.3 Å². The maximum Gasteiger partial charge on any atom is 0.296 e. The van der Waals surface area contributed by atoms with Crippen LogP contribution in [0.4, 0.5) is 62.6 Å². The molecule has 2 amide bonds. The number of nitro groups is 3. The van der Waals surface area contributed by atoms with Crippen LogP contribution < -0.4 is 26.2 Å². The Balaban J connectivity index is 0.998. The third-order valence-electron chi connectivity index (χ3n) is 19.6. The van der Waals surface area contributed by atoms with E-state index in [9.17, 15) is 39.9 Å². The smallest absolute Gasteiger partial charge is 0.296 e. The zero-order chi connectivity index (χ0) is 75.8. The Hall–Kier alpha value is -9.18. The average molecular weight is 1450 g/mol. The molecule has 0 aliphatic heterocycles. The van der Waals surface area contributed by atoms with E-state index in [0.717, 1.165) is 97.8 Å². The van der Waals surface area contributed by atoms with Crippen molar-refractivity contribution >= 4 is 74.4 Å². The van der Waals surface area contributed by atoms with Crippen LogP contribution in [0.15, 0.2) is 158 Å². The van der Waals surface area contributed by atoms with E-state index in [1.165, 1.54) is 148 Å². The summed E-state index contributed by atoms with van der Waals surface area (Å²) in [5, 5.41) is 68.3. The Morgan fingerprint density at radius 2 is 0.689 bits per heavy atom. The van der Waals surface area contributed by atoms with Gasteiger partial charge in [0.2, 0.25) is 11.8 Å². The summed E-state index contributed by atoms with van der Waals surface area (Å²) in [7, 11) is 1.91. The predicted octanol–water partition coefficient (Wildman–Crippen LogP) is 24.1. The second kappa shape index (κ2) is 51.1. The van der Waals surface area contributed by atoms with Crippen molar-refractivity contribution in [3.8, 4) is 0 Å². The van der Waals surface area contributed by atoms with Crippen LogP contribution in [-0.4, -0.2) is 66.4 Å². The lowest BCUT2D eigenvalue weighted by Crippen LogP contribution is -2.36. The maximum atomic E-state index is 13.5. The normalized spacial score (nSPS) is 11.8. The summed E-state index contributed by atoms with van der Waals surface area (Å²) in [6.45, 7) is 8.38. The van der Waals surface area contributed by atoms with Gasteiger partial charge in [-0.25, -0.2) is 0 Å². The van der Waals surface area contributed by atoms with Crippen molar-refractivity contribution in [3.05, 3.63) is 180 Å². The standard InChI is InChI=1S/C84H120N14O8/c1-5-8-11-14-17-20-23-26-29-32-35-67-38-53-77(80(64-67)96(101)102)91-88-71-43-41-70(42-44-71)76(85)56-59-86-83(99)57-61-95(75-51-47-73(48-52-75)90-93-79-55-40-69(66-82(79)98(105)106)37-34-31-28-25-22-19-16-13-10-7-3)62-58-84(100)87-60-63-94(4)74-49-45-72(46-50-74)89-92-78-54-39-68(65-81(78)97(103)104)36-33-30-27-24-21-18-15-12-9-6-2/h38-55,64-66,76H,5-37,56-63,85H2,1-4H3,(H,86,99)(H,87,100). The van der Waals surface area contributed by atoms with Crippen molar-refractivity contribution in [1.29, 1.82) is 0 Å². The molecule has 0 bridgehead atoms. The molecule has 0 aromatic heterocycles. The second-order valence-electron chi connectivity index (χ2n) is 28.3. The summed E-state index contributed by atoms with van der Waals surface area (Å²) in [6, 6.07) is 36.7. The van der Waals surface area contributed by atoms with Gasteiger partial charge in [0, 0.05) is 88.2 Å². The fourth-order valence-corrected chi connectivity index (χ4v) is 13.0. The molecule has 0 saturated heterocycles. The van der Waals surface area contributed by atoms with Gasteiger partial charge < -0.3 is 26.2 Å². The fraction of sp³-hybridized carbons (Fsp3) is 0.548. The largest absolute Gasteiger partial charge is 0.373 e. The van der Waals surface area contributed by atoms with Gasteiger partial charge in [0.05, 0.1) is 31.8 Å². The SMILES string of the molecule is CCCCCCCCCCCCc1ccc(N=Nc2ccc(C(N)CCNC(=O)CCN(CCC(=O)NCCN(C)c3ccc(N=Nc4ccc(CCCCCCCCCCCC)cc4[N+](=O)[O-])cc3)c3ccc(N=Nc4ccc(CCCCCCCCCCCC)cc4[N+](=O)[O-])cc3)cc2)c([N+](=O)[O-])c1. The first kappa shape index (κ1) is 85.7. The van der Waals surface area contributed by atoms with E-state index in [-0.39, 0.29) is 71.9 Å². The molecule has 0 saturated carbocycles. The van der Waals surface area contributed by atoms with Crippen molar-refractivity contribution in [2.75, 3.05) is 49.6 Å². The highest BCUT2D eigenvalue weighted by Gasteiger charge is 2.20. The number of carbonyl (C=O) groups is 2. The minimum absolute atomic E-state index is 0.0679. The predicted molar refractivity (Wildman–Crippen MR) is 430 cm³/mol. The lowest BCUT2D eigenvalue weighted by molar-refractivity contribution is -0.384. The number of nitrogens with zero attached hydrogens (tertiary/aromatic N) is 11. The van der Waals surface area contributed by atoms with Crippen molar-refractivity contribution in [1.82, 2.24) is 10.6 Å². The molecule has 0 heterocycles. The topological polar surface area (TPSA) is 294 Å². The Morgan fingerprint density at radius 3 is 1.02 bits per heavy atom.